The van der Waals surface area contributed by atoms with Crippen LogP contribution in [0.2, 0.25) is 5.02 Å². The van der Waals surface area contributed by atoms with Crippen molar-refractivity contribution in [3.05, 3.63) is 112 Å². The third kappa shape index (κ3) is 4.59. The molecule has 2 aromatic heterocycles. The molecule has 33 heavy (non-hydrogen) atoms. The van der Waals surface area contributed by atoms with Crippen molar-refractivity contribution in [2.24, 2.45) is 0 Å². The molecule has 0 unspecified atom stereocenters. The number of thioether (sulfide) groups is 1. The minimum atomic E-state index is -0.376. The molecule has 0 saturated carbocycles. The van der Waals surface area contributed by atoms with Crippen LogP contribution in [-0.4, -0.2) is 34.6 Å². The first-order chi connectivity index (χ1) is 16.2. The van der Waals surface area contributed by atoms with Gasteiger partial charge in [-0.25, -0.2) is 4.79 Å². The highest BCUT2D eigenvalue weighted by Crippen LogP contribution is 2.25. The van der Waals surface area contributed by atoms with E-state index in [-0.39, 0.29) is 12.2 Å². The predicted octanol–water partition coefficient (Wildman–Crippen LogP) is 4.00. The summed E-state index contributed by atoms with van der Waals surface area (Å²) >= 11 is 7.53. The van der Waals surface area contributed by atoms with Crippen LogP contribution in [0.25, 0.3) is 11.4 Å². The molecule has 0 atom stereocenters. The standard InChI is InChI=1S/C23H18ClN7OS/c24-18-11-13-20(14-12-18)31-23(32)29(27-28-31)15-21-25-26-22(30(21)19-9-5-2-6-10-19)33-16-17-7-3-1-4-8-17/h1-14H,15-16H2. The molecule has 2 heterocycles. The van der Waals surface area contributed by atoms with E-state index in [1.165, 1.54) is 14.9 Å². The van der Waals surface area contributed by atoms with E-state index in [9.17, 15) is 4.79 Å². The van der Waals surface area contributed by atoms with Crippen molar-refractivity contribution in [1.29, 1.82) is 0 Å². The molecule has 0 aliphatic rings. The number of hydrogen-bond donors (Lipinski definition) is 0. The fourth-order valence-corrected chi connectivity index (χ4v) is 4.36. The lowest BCUT2D eigenvalue weighted by Gasteiger charge is -2.10. The second kappa shape index (κ2) is 9.43. The Kier molecular flexibility index (Phi) is 6.05. The van der Waals surface area contributed by atoms with Gasteiger partial charge in [0.15, 0.2) is 11.0 Å². The summed E-state index contributed by atoms with van der Waals surface area (Å²) in [5.41, 5.74) is 2.30. The van der Waals surface area contributed by atoms with Gasteiger partial charge < -0.3 is 0 Å². The van der Waals surface area contributed by atoms with Gasteiger partial charge in [-0.1, -0.05) is 71.9 Å². The minimum absolute atomic E-state index is 0.125. The molecule has 0 aliphatic heterocycles. The minimum Gasteiger partial charge on any atom is -0.272 e. The van der Waals surface area contributed by atoms with E-state index in [0.717, 1.165) is 16.6 Å². The largest absolute Gasteiger partial charge is 0.368 e. The maximum absolute atomic E-state index is 12.9. The van der Waals surface area contributed by atoms with Crippen molar-refractivity contribution in [1.82, 2.24) is 34.6 Å². The zero-order valence-electron chi connectivity index (χ0n) is 17.3. The lowest BCUT2D eigenvalue weighted by Crippen LogP contribution is -2.25. The van der Waals surface area contributed by atoms with Gasteiger partial charge in [0.2, 0.25) is 0 Å². The van der Waals surface area contributed by atoms with Crippen LogP contribution in [0.1, 0.15) is 11.4 Å². The molecule has 3 aromatic carbocycles. The Hall–Kier alpha value is -3.69. The van der Waals surface area contributed by atoms with Crippen molar-refractivity contribution in [3.8, 4) is 11.4 Å². The van der Waals surface area contributed by atoms with Crippen LogP contribution < -0.4 is 5.69 Å². The predicted molar refractivity (Wildman–Crippen MR) is 127 cm³/mol. The summed E-state index contributed by atoms with van der Waals surface area (Å²) in [6.07, 6.45) is 0. The van der Waals surface area contributed by atoms with E-state index < -0.39 is 0 Å². The molecule has 164 valence electrons. The molecule has 0 radical (unpaired) electrons. The Balaban J connectivity index is 1.47. The molecule has 0 spiro atoms. The summed E-state index contributed by atoms with van der Waals surface area (Å²) in [4.78, 5) is 12.9. The van der Waals surface area contributed by atoms with Crippen LogP contribution in [0.3, 0.4) is 0 Å². The van der Waals surface area contributed by atoms with Gasteiger partial charge in [-0.3, -0.25) is 4.57 Å². The van der Waals surface area contributed by atoms with Crippen molar-refractivity contribution >= 4 is 23.4 Å². The van der Waals surface area contributed by atoms with Gasteiger partial charge in [0, 0.05) is 16.5 Å². The summed E-state index contributed by atoms with van der Waals surface area (Å²) in [5.74, 6) is 1.33. The van der Waals surface area contributed by atoms with E-state index >= 15 is 0 Å². The first-order valence-corrected chi connectivity index (χ1v) is 11.5. The maximum atomic E-state index is 12.9. The first kappa shape index (κ1) is 21.2. The van der Waals surface area contributed by atoms with Gasteiger partial charge in [0.25, 0.3) is 0 Å². The third-order valence-corrected chi connectivity index (χ3v) is 6.18. The number of tetrazole rings is 1. The van der Waals surface area contributed by atoms with E-state index in [4.69, 9.17) is 11.6 Å². The number of nitrogens with zero attached hydrogens (tertiary/aromatic N) is 7. The first-order valence-electron chi connectivity index (χ1n) is 10.1. The van der Waals surface area contributed by atoms with E-state index in [1.54, 1.807) is 36.0 Å². The number of hydrogen-bond acceptors (Lipinski definition) is 6. The van der Waals surface area contributed by atoms with Crippen LogP contribution in [-0.2, 0) is 12.3 Å². The van der Waals surface area contributed by atoms with Crippen molar-refractivity contribution in [3.63, 3.8) is 0 Å². The number of halogens is 1. The molecule has 0 aliphatic carbocycles. The average Bonchev–Trinajstić information content (AvgIpc) is 3.43. The maximum Gasteiger partial charge on any atom is 0.368 e. The zero-order chi connectivity index (χ0) is 22.6. The van der Waals surface area contributed by atoms with Gasteiger partial charge >= 0.3 is 5.69 Å². The van der Waals surface area contributed by atoms with E-state index in [2.05, 4.69) is 32.8 Å². The Labute approximate surface area is 198 Å². The van der Waals surface area contributed by atoms with Crippen LogP contribution in [0.4, 0.5) is 0 Å². The number of aromatic nitrogens is 7. The van der Waals surface area contributed by atoms with E-state index in [1.807, 2.05) is 53.1 Å². The molecule has 0 saturated heterocycles. The summed E-state index contributed by atoms with van der Waals surface area (Å²) in [7, 11) is 0. The highest BCUT2D eigenvalue weighted by atomic mass is 35.5. The smallest absolute Gasteiger partial charge is 0.272 e. The Bertz CT molecular complexity index is 1410. The highest BCUT2D eigenvalue weighted by Gasteiger charge is 2.18. The highest BCUT2D eigenvalue weighted by molar-refractivity contribution is 7.98. The molecular weight excluding hydrogens is 458 g/mol. The number of benzene rings is 3. The van der Waals surface area contributed by atoms with Gasteiger partial charge in [-0.2, -0.15) is 9.36 Å². The summed E-state index contributed by atoms with van der Waals surface area (Å²) in [6.45, 7) is 0.125. The number of rotatable bonds is 7. The molecular formula is C23H18ClN7OS. The Morgan fingerprint density at radius 1 is 0.788 bits per heavy atom. The molecule has 0 fully saturated rings. The van der Waals surface area contributed by atoms with Crippen LogP contribution in [0, 0.1) is 0 Å². The Morgan fingerprint density at radius 2 is 1.48 bits per heavy atom. The molecule has 8 nitrogen and oxygen atoms in total. The fourth-order valence-electron chi connectivity index (χ4n) is 3.31. The summed E-state index contributed by atoms with van der Waals surface area (Å²) in [5, 5.41) is 18.1. The zero-order valence-corrected chi connectivity index (χ0v) is 18.9. The van der Waals surface area contributed by atoms with Crippen molar-refractivity contribution < 1.29 is 0 Å². The summed E-state index contributed by atoms with van der Waals surface area (Å²) < 4.78 is 4.44. The molecule has 5 aromatic rings. The SMILES string of the molecule is O=c1n(Cc2nnc(SCc3ccccc3)n2-c2ccccc2)nnn1-c1ccc(Cl)cc1. The molecule has 0 amide bonds. The monoisotopic (exact) mass is 475 g/mol. The Morgan fingerprint density at radius 3 is 2.21 bits per heavy atom. The quantitative estimate of drug-likeness (QED) is 0.331. The van der Waals surface area contributed by atoms with Crippen molar-refractivity contribution in [2.75, 3.05) is 0 Å². The second-order valence-corrected chi connectivity index (χ2v) is 8.53. The molecule has 0 N–H and O–H groups in total. The van der Waals surface area contributed by atoms with E-state index in [0.29, 0.717) is 16.5 Å². The van der Waals surface area contributed by atoms with Crippen molar-refractivity contribution in [2.45, 2.75) is 17.5 Å². The lowest BCUT2D eigenvalue weighted by molar-refractivity contribution is 0.598. The fraction of sp³-hybridized carbons (Fsp3) is 0.0870. The topological polar surface area (TPSA) is 83.4 Å². The van der Waals surface area contributed by atoms with Gasteiger partial charge in [0.1, 0.15) is 6.54 Å². The van der Waals surface area contributed by atoms with Crippen LogP contribution in [0.15, 0.2) is 94.9 Å². The van der Waals surface area contributed by atoms with Crippen LogP contribution in [0.5, 0.6) is 0 Å². The van der Waals surface area contributed by atoms with Gasteiger partial charge in [-0.15, -0.1) is 10.2 Å². The third-order valence-electron chi connectivity index (χ3n) is 4.93. The van der Waals surface area contributed by atoms with Gasteiger partial charge in [0.05, 0.1) is 5.69 Å². The van der Waals surface area contributed by atoms with Crippen LogP contribution >= 0.6 is 23.4 Å². The second-order valence-electron chi connectivity index (χ2n) is 7.15. The summed E-state index contributed by atoms with van der Waals surface area (Å²) in [6, 6.07) is 26.8. The normalized spacial score (nSPS) is 11.1. The average molecular weight is 476 g/mol. The number of para-hydroxylation sites is 1. The molecule has 10 heteroatoms. The van der Waals surface area contributed by atoms with Gasteiger partial charge in [-0.05, 0) is 52.4 Å². The molecule has 0 bridgehead atoms. The lowest BCUT2D eigenvalue weighted by atomic mass is 10.2. The molecule has 5 rings (SSSR count).